The van der Waals surface area contributed by atoms with Gasteiger partial charge in [-0.1, -0.05) is 0 Å². The Morgan fingerprint density at radius 1 is 1.29 bits per heavy atom. The second-order valence-electron chi connectivity index (χ2n) is 3.20. The van der Waals surface area contributed by atoms with Gasteiger partial charge in [0.25, 0.3) is 0 Å². The number of carbonyl (C=O) groups is 2. The summed E-state index contributed by atoms with van der Waals surface area (Å²) in [7, 11) is 0. The Labute approximate surface area is 83.3 Å². The van der Waals surface area contributed by atoms with Gasteiger partial charge in [-0.3, -0.25) is 14.5 Å². The van der Waals surface area contributed by atoms with Crippen LogP contribution in [0.2, 0.25) is 0 Å². The number of nitrogens with zero attached hydrogens (tertiary/aromatic N) is 1. The van der Waals surface area contributed by atoms with Gasteiger partial charge in [-0.25, -0.2) is 0 Å². The van der Waals surface area contributed by atoms with Gasteiger partial charge >= 0.3 is 5.97 Å². The number of aliphatic carboxylic acids is 1. The molecule has 0 atom stereocenters. The van der Waals surface area contributed by atoms with E-state index >= 15 is 0 Å². The van der Waals surface area contributed by atoms with Crippen molar-refractivity contribution in [1.29, 1.82) is 0 Å². The smallest absolute Gasteiger partial charge is 0.304 e. The zero-order chi connectivity index (χ0) is 11.0. The highest BCUT2D eigenvalue weighted by molar-refractivity contribution is 5.77. The molecule has 0 fully saturated rings. The lowest BCUT2D eigenvalue weighted by Gasteiger charge is -2.19. The highest BCUT2D eigenvalue weighted by atomic mass is 16.4. The van der Waals surface area contributed by atoms with Crippen LogP contribution in [0.5, 0.6) is 0 Å². The molecule has 0 amide bonds. The van der Waals surface area contributed by atoms with Crippen molar-refractivity contribution in [3.63, 3.8) is 0 Å². The number of aliphatic hydroxyl groups is 1. The van der Waals surface area contributed by atoms with Crippen LogP contribution in [0.4, 0.5) is 0 Å². The number of aliphatic hydroxyl groups excluding tert-OH is 1. The topological polar surface area (TPSA) is 77.8 Å². The minimum Gasteiger partial charge on any atom is -0.481 e. The normalized spacial score (nSPS) is 10.5. The fraction of sp³-hybridized carbons (Fsp3) is 0.778. The maximum atomic E-state index is 10.8. The summed E-state index contributed by atoms with van der Waals surface area (Å²) in [6.07, 6.45) is 0.589. The van der Waals surface area contributed by atoms with Crippen molar-refractivity contribution in [3.8, 4) is 0 Å². The molecule has 0 aliphatic carbocycles. The van der Waals surface area contributed by atoms with Gasteiger partial charge in [0, 0.05) is 19.7 Å². The van der Waals surface area contributed by atoms with Crippen LogP contribution in [0.1, 0.15) is 19.8 Å². The van der Waals surface area contributed by atoms with E-state index in [-0.39, 0.29) is 25.4 Å². The number of rotatable bonds is 8. The first kappa shape index (κ1) is 13.1. The maximum Gasteiger partial charge on any atom is 0.304 e. The molecule has 0 aromatic heterocycles. The van der Waals surface area contributed by atoms with E-state index in [1.807, 2.05) is 0 Å². The van der Waals surface area contributed by atoms with E-state index < -0.39 is 5.97 Å². The molecule has 14 heavy (non-hydrogen) atoms. The molecule has 5 heteroatoms. The third-order valence-corrected chi connectivity index (χ3v) is 1.72. The number of hydrogen-bond acceptors (Lipinski definition) is 4. The number of carboxylic acids is 1. The molecule has 0 radical (unpaired) electrons. The van der Waals surface area contributed by atoms with Gasteiger partial charge in [-0.05, 0) is 13.3 Å². The zero-order valence-corrected chi connectivity index (χ0v) is 8.40. The Morgan fingerprint density at radius 2 is 1.93 bits per heavy atom. The van der Waals surface area contributed by atoms with Crippen molar-refractivity contribution in [2.75, 3.05) is 26.2 Å². The van der Waals surface area contributed by atoms with E-state index in [0.29, 0.717) is 19.5 Å². The molecule has 0 spiro atoms. The largest absolute Gasteiger partial charge is 0.481 e. The van der Waals surface area contributed by atoms with Gasteiger partial charge in [0.05, 0.1) is 13.0 Å². The molecule has 0 unspecified atom stereocenters. The molecule has 0 aliphatic heterocycles. The van der Waals surface area contributed by atoms with Crippen LogP contribution < -0.4 is 0 Å². The first-order chi connectivity index (χ1) is 6.56. The van der Waals surface area contributed by atoms with Crippen LogP contribution in [0.25, 0.3) is 0 Å². The van der Waals surface area contributed by atoms with Gasteiger partial charge < -0.3 is 10.2 Å². The van der Waals surface area contributed by atoms with E-state index in [2.05, 4.69) is 0 Å². The zero-order valence-electron chi connectivity index (χ0n) is 8.40. The molecule has 0 heterocycles. The summed E-state index contributed by atoms with van der Waals surface area (Å²) < 4.78 is 0. The third-order valence-electron chi connectivity index (χ3n) is 1.72. The monoisotopic (exact) mass is 203 g/mol. The Hall–Kier alpha value is -0.940. The van der Waals surface area contributed by atoms with E-state index in [1.165, 1.54) is 6.92 Å². The molecule has 2 N–H and O–H groups in total. The fourth-order valence-electron chi connectivity index (χ4n) is 1.13. The molecule has 82 valence electrons. The predicted molar refractivity (Wildman–Crippen MR) is 51.1 cm³/mol. The van der Waals surface area contributed by atoms with Gasteiger partial charge in [-0.15, -0.1) is 0 Å². The number of carboxylic acid groups (broad SMARTS) is 1. The Balaban J connectivity index is 3.83. The first-order valence-corrected chi connectivity index (χ1v) is 4.60. The SMILES string of the molecule is CC(=O)CN(CCCO)CCC(=O)O. The Bertz CT molecular complexity index is 193. The molecule has 0 aromatic carbocycles. The lowest BCUT2D eigenvalue weighted by molar-refractivity contribution is -0.137. The van der Waals surface area contributed by atoms with Crippen molar-refractivity contribution in [2.24, 2.45) is 0 Å². The van der Waals surface area contributed by atoms with Crippen molar-refractivity contribution in [1.82, 2.24) is 4.90 Å². The van der Waals surface area contributed by atoms with Crippen LogP contribution >= 0.6 is 0 Å². The Kier molecular flexibility index (Phi) is 6.96. The van der Waals surface area contributed by atoms with Gasteiger partial charge in [0.1, 0.15) is 5.78 Å². The highest BCUT2D eigenvalue weighted by Crippen LogP contribution is 1.94. The van der Waals surface area contributed by atoms with Gasteiger partial charge in [0.15, 0.2) is 0 Å². The summed E-state index contributed by atoms with van der Waals surface area (Å²) in [6, 6.07) is 0. The van der Waals surface area contributed by atoms with E-state index in [1.54, 1.807) is 4.90 Å². The van der Waals surface area contributed by atoms with Crippen molar-refractivity contribution < 1.29 is 19.8 Å². The second-order valence-corrected chi connectivity index (χ2v) is 3.20. The van der Waals surface area contributed by atoms with E-state index in [4.69, 9.17) is 10.2 Å². The van der Waals surface area contributed by atoms with Crippen molar-refractivity contribution >= 4 is 11.8 Å². The van der Waals surface area contributed by atoms with Crippen LogP contribution in [0, 0.1) is 0 Å². The number of Topliss-reactive ketones (excluding diaryl/α,β-unsaturated/α-hetero) is 1. The molecular weight excluding hydrogens is 186 g/mol. The molecule has 0 aromatic rings. The minimum atomic E-state index is -0.873. The van der Waals surface area contributed by atoms with Crippen molar-refractivity contribution in [3.05, 3.63) is 0 Å². The summed E-state index contributed by atoms with van der Waals surface area (Å²) in [6.45, 7) is 2.69. The standard InChI is InChI=1S/C9H17NO4/c1-8(12)7-10(4-2-6-11)5-3-9(13)14/h11H,2-7H2,1H3,(H,13,14). The van der Waals surface area contributed by atoms with E-state index in [0.717, 1.165) is 0 Å². The molecule has 0 aliphatic rings. The average molecular weight is 203 g/mol. The molecule has 5 nitrogen and oxygen atoms in total. The average Bonchev–Trinajstić information content (AvgIpc) is 2.09. The first-order valence-electron chi connectivity index (χ1n) is 4.60. The quantitative estimate of drug-likeness (QED) is 0.568. The van der Waals surface area contributed by atoms with Crippen LogP contribution in [0.15, 0.2) is 0 Å². The third kappa shape index (κ3) is 7.70. The van der Waals surface area contributed by atoms with E-state index in [9.17, 15) is 9.59 Å². The highest BCUT2D eigenvalue weighted by Gasteiger charge is 2.08. The summed E-state index contributed by atoms with van der Waals surface area (Å²) in [5.41, 5.74) is 0. The van der Waals surface area contributed by atoms with Gasteiger partial charge in [-0.2, -0.15) is 0 Å². The minimum absolute atomic E-state index is 0.00771. The molecule has 0 rings (SSSR count). The summed E-state index contributed by atoms with van der Waals surface area (Å²) in [5, 5.41) is 17.1. The van der Waals surface area contributed by atoms with Crippen LogP contribution in [-0.4, -0.2) is 53.1 Å². The van der Waals surface area contributed by atoms with Crippen molar-refractivity contribution in [2.45, 2.75) is 19.8 Å². The second kappa shape index (κ2) is 7.46. The van der Waals surface area contributed by atoms with Crippen LogP contribution in [-0.2, 0) is 9.59 Å². The molecule has 0 saturated carbocycles. The molecule has 0 bridgehead atoms. The number of ketones is 1. The fourth-order valence-corrected chi connectivity index (χ4v) is 1.13. The number of hydrogen-bond donors (Lipinski definition) is 2. The van der Waals surface area contributed by atoms with Gasteiger partial charge in [0.2, 0.25) is 0 Å². The number of carbonyl (C=O) groups excluding carboxylic acids is 1. The lowest BCUT2D eigenvalue weighted by atomic mass is 10.3. The Morgan fingerprint density at radius 3 is 2.36 bits per heavy atom. The lowest BCUT2D eigenvalue weighted by Crippen LogP contribution is -2.32. The summed E-state index contributed by atoms with van der Waals surface area (Å²) in [4.78, 5) is 22.9. The van der Waals surface area contributed by atoms with Crippen LogP contribution in [0.3, 0.4) is 0 Å². The predicted octanol–water partition coefficient (Wildman–Crippen LogP) is -0.266. The molecule has 0 saturated heterocycles. The molecular formula is C9H17NO4. The summed E-state index contributed by atoms with van der Waals surface area (Å²) in [5.74, 6) is -0.865. The maximum absolute atomic E-state index is 10.8. The summed E-state index contributed by atoms with van der Waals surface area (Å²) >= 11 is 0.